The van der Waals surface area contributed by atoms with Crippen molar-refractivity contribution in [2.45, 2.75) is 46.5 Å². The second kappa shape index (κ2) is 10.7. The van der Waals surface area contributed by atoms with Crippen LogP contribution < -0.4 is 0 Å². The molecular formula is C45H39N. The molecule has 1 heteroatoms. The van der Waals surface area contributed by atoms with Gasteiger partial charge in [0.1, 0.15) is 0 Å². The third-order valence-electron chi connectivity index (χ3n) is 10.2. The molecule has 0 unspecified atom stereocenters. The summed E-state index contributed by atoms with van der Waals surface area (Å²) in [7, 11) is 0. The maximum Gasteiger partial charge on any atom is 0.0619 e. The Morgan fingerprint density at radius 1 is 0.587 bits per heavy atom. The first-order valence-electron chi connectivity index (χ1n) is 16.7. The molecule has 7 aromatic rings. The van der Waals surface area contributed by atoms with E-state index in [9.17, 15) is 0 Å². The van der Waals surface area contributed by atoms with E-state index in [1.165, 1.54) is 88.4 Å². The van der Waals surface area contributed by atoms with Gasteiger partial charge in [-0.2, -0.15) is 0 Å². The first-order valence-corrected chi connectivity index (χ1v) is 16.7. The van der Waals surface area contributed by atoms with Crippen molar-refractivity contribution in [3.05, 3.63) is 161 Å². The molecule has 1 nitrogen and oxygen atoms in total. The molecule has 6 aromatic carbocycles. The number of para-hydroxylation sites is 1. The van der Waals surface area contributed by atoms with Crippen molar-refractivity contribution in [3.8, 4) is 16.8 Å². The highest BCUT2D eigenvalue weighted by molar-refractivity contribution is 6.21. The van der Waals surface area contributed by atoms with Crippen LogP contribution in [0, 0.1) is 0 Å². The summed E-state index contributed by atoms with van der Waals surface area (Å²) >= 11 is 0. The standard InChI is InChI=1S/C43H33N.C2H6/c1-27-26-29-10-4-5-11-32(29)31(27)21-18-28-16-19-30(20-17-28)44-40-15-9-7-12-33(40)35-23-22-34-36(42(35)44)24-25-39-41(34)37-13-6-8-14-38(37)43(39,2)3;1-2/h4-25H,26H2,1-3H3;1-2H3/b21-18-;. The van der Waals surface area contributed by atoms with Gasteiger partial charge in [0.15, 0.2) is 0 Å². The summed E-state index contributed by atoms with van der Waals surface area (Å²) < 4.78 is 2.47. The molecule has 0 atom stereocenters. The van der Waals surface area contributed by atoms with E-state index in [0.29, 0.717) is 0 Å². The van der Waals surface area contributed by atoms with Gasteiger partial charge in [-0.25, -0.2) is 0 Å². The van der Waals surface area contributed by atoms with Gasteiger partial charge in [0.2, 0.25) is 0 Å². The van der Waals surface area contributed by atoms with Crippen LogP contribution in [-0.4, -0.2) is 4.57 Å². The lowest BCUT2D eigenvalue weighted by atomic mass is 9.82. The number of allylic oxidation sites excluding steroid dienone is 3. The number of nitrogens with zero attached hydrogens (tertiary/aromatic N) is 1. The van der Waals surface area contributed by atoms with Gasteiger partial charge in [-0.1, -0.05) is 149 Å². The monoisotopic (exact) mass is 593 g/mol. The molecular weight excluding hydrogens is 555 g/mol. The van der Waals surface area contributed by atoms with E-state index in [0.717, 1.165) is 6.42 Å². The summed E-state index contributed by atoms with van der Waals surface area (Å²) in [4.78, 5) is 0. The Morgan fingerprint density at radius 3 is 2.07 bits per heavy atom. The highest BCUT2D eigenvalue weighted by Crippen LogP contribution is 2.52. The minimum Gasteiger partial charge on any atom is -0.309 e. The van der Waals surface area contributed by atoms with Crippen molar-refractivity contribution in [1.82, 2.24) is 4.57 Å². The van der Waals surface area contributed by atoms with E-state index in [1.807, 2.05) is 13.8 Å². The van der Waals surface area contributed by atoms with Crippen LogP contribution in [0.2, 0.25) is 0 Å². The van der Waals surface area contributed by atoms with Gasteiger partial charge in [0.25, 0.3) is 0 Å². The molecule has 0 saturated carbocycles. The van der Waals surface area contributed by atoms with E-state index in [2.05, 4.69) is 159 Å². The number of benzene rings is 6. The number of aromatic nitrogens is 1. The average molecular weight is 594 g/mol. The van der Waals surface area contributed by atoms with Gasteiger partial charge in [0, 0.05) is 27.3 Å². The molecule has 0 amide bonds. The molecule has 2 aliphatic rings. The molecule has 1 heterocycles. The zero-order valence-electron chi connectivity index (χ0n) is 27.4. The number of rotatable bonds is 3. The summed E-state index contributed by atoms with van der Waals surface area (Å²) in [5.41, 5.74) is 16.1. The Hall–Kier alpha value is -5.14. The Kier molecular flexibility index (Phi) is 6.62. The van der Waals surface area contributed by atoms with E-state index in [-0.39, 0.29) is 5.41 Å². The minimum atomic E-state index is -0.0136. The second-order valence-electron chi connectivity index (χ2n) is 13.0. The van der Waals surface area contributed by atoms with Crippen molar-refractivity contribution < 1.29 is 0 Å². The largest absolute Gasteiger partial charge is 0.309 e. The fourth-order valence-corrected chi connectivity index (χ4v) is 8.03. The van der Waals surface area contributed by atoms with Crippen LogP contribution in [0.3, 0.4) is 0 Å². The highest BCUT2D eigenvalue weighted by Gasteiger charge is 2.36. The fourth-order valence-electron chi connectivity index (χ4n) is 8.03. The summed E-state index contributed by atoms with van der Waals surface area (Å²) in [6, 6.07) is 45.1. The van der Waals surface area contributed by atoms with Crippen molar-refractivity contribution in [2.24, 2.45) is 0 Å². The van der Waals surface area contributed by atoms with Crippen molar-refractivity contribution in [1.29, 1.82) is 0 Å². The van der Waals surface area contributed by atoms with Crippen LogP contribution in [0.25, 0.3) is 61.0 Å². The average Bonchev–Trinajstić information content (AvgIpc) is 3.69. The Morgan fingerprint density at radius 2 is 1.24 bits per heavy atom. The van der Waals surface area contributed by atoms with Gasteiger partial charge in [0.05, 0.1) is 11.0 Å². The number of hydrogen-bond donors (Lipinski definition) is 0. The molecule has 0 radical (unpaired) electrons. The van der Waals surface area contributed by atoms with Gasteiger partial charge in [-0.3, -0.25) is 0 Å². The quantitative estimate of drug-likeness (QED) is 0.192. The summed E-state index contributed by atoms with van der Waals surface area (Å²) in [5, 5.41) is 5.22. The molecule has 0 N–H and O–H groups in total. The number of hydrogen-bond acceptors (Lipinski definition) is 0. The molecule has 0 bridgehead atoms. The summed E-state index contributed by atoms with van der Waals surface area (Å²) in [6.07, 6.45) is 5.60. The fraction of sp³-hybridized carbons (Fsp3) is 0.156. The molecule has 2 aliphatic carbocycles. The van der Waals surface area contributed by atoms with Crippen LogP contribution >= 0.6 is 0 Å². The van der Waals surface area contributed by atoms with E-state index >= 15 is 0 Å². The van der Waals surface area contributed by atoms with Crippen LogP contribution in [0.1, 0.15) is 62.4 Å². The lowest BCUT2D eigenvalue weighted by Gasteiger charge is -2.21. The van der Waals surface area contributed by atoms with Crippen molar-refractivity contribution in [2.75, 3.05) is 0 Å². The van der Waals surface area contributed by atoms with Gasteiger partial charge >= 0.3 is 0 Å². The van der Waals surface area contributed by atoms with Crippen LogP contribution in [0.15, 0.2) is 133 Å². The predicted molar refractivity (Wildman–Crippen MR) is 199 cm³/mol. The first kappa shape index (κ1) is 28.3. The molecule has 0 aliphatic heterocycles. The normalized spacial score (nSPS) is 14.5. The molecule has 9 rings (SSSR count). The minimum absolute atomic E-state index is 0.0136. The SMILES string of the molecule is CC.CC1=C(/C=C\c2ccc(-n3c4ccccc4c4ccc5c6c(ccc5c43)C(C)(C)c3ccccc3-6)cc2)c2ccccc2C1. The van der Waals surface area contributed by atoms with Crippen LogP contribution in [-0.2, 0) is 11.8 Å². The maximum absolute atomic E-state index is 2.47. The highest BCUT2D eigenvalue weighted by atomic mass is 15.0. The third kappa shape index (κ3) is 4.08. The number of fused-ring (bicyclic) bond motifs is 10. The van der Waals surface area contributed by atoms with Gasteiger partial charge in [-0.15, -0.1) is 0 Å². The van der Waals surface area contributed by atoms with Crippen LogP contribution in [0.4, 0.5) is 0 Å². The van der Waals surface area contributed by atoms with Crippen molar-refractivity contribution in [3.63, 3.8) is 0 Å². The molecule has 0 spiro atoms. The summed E-state index contributed by atoms with van der Waals surface area (Å²) in [6.45, 7) is 11.0. The zero-order chi connectivity index (χ0) is 31.6. The Bertz CT molecular complexity index is 2370. The molecule has 46 heavy (non-hydrogen) atoms. The van der Waals surface area contributed by atoms with E-state index in [1.54, 1.807) is 0 Å². The lowest BCUT2D eigenvalue weighted by Crippen LogP contribution is -2.14. The van der Waals surface area contributed by atoms with Gasteiger partial charge in [-0.05, 0) is 81.4 Å². The second-order valence-corrected chi connectivity index (χ2v) is 13.0. The molecule has 1 aromatic heterocycles. The van der Waals surface area contributed by atoms with Gasteiger partial charge < -0.3 is 4.57 Å². The molecule has 224 valence electrons. The van der Waals surface area contributed by atoms with Crippen molar-refractivity contribution >= 4 is 44.2 Å². The Labute approximate surface area is 272 Å². The first-order chi connectivity index (χ1) is 22.5. The van der Waals surface area contributed by atoms with E-state index in [4.69, 9.17) is 0 Å². The lowest BCUT2D eigenvalue weighted by molar-refractivity contribution is 0.661. The molecule has 0 saturated heterocycles. The Balaban J connectivity index is 0.00000153. The summed E-state index contributed by atoms with van der Waals surface area (Å²) in [5.74, 6) is 0. The zero-order valence-corrected chi connectivity index (χ0v) is 27.4. The topological polar surface area (TPSA) is 4.93 Å². The maximum atomic E-state index is 2.47. The van der Waals surface area contributed by atoms with Crippen LogP contribution in [0.5, 0.6) is 0 Å². The van der Waals surface area contributed by atoms with E-state index < -0.39 is 0 Å². The molecule has 0 fully saturated rings. The predicted octanol–water partition coefficient (Wildman–Crippen LogP) is 12.3. The third-order valence-corrected chi connectivity index (χ3v) is 10.2. The smallest absolute Gasteiger partial charge is 0.0619 e.